The minimum atomic E-state index is 1.75. The molecular weight excluding hydrogens is 72.1 g/mol. The zero-order valence-electron chi connectivity index (χ0n) is 3.31. The van der Waals surface area contributed by atoms with Gasteiger partial charge in [0.2, 0.25) is 0 Å². The minimum absolute atomic E-state index is 1.75. The summed E-state index contributed by atoms with van der Waals surface area (Å²) in [6.45, 7) is 0. The average molecular weight is 76.1 g/mol. The molecule has 0 nitrogen and oxygen atoms in total. The van der Waals surface area contributed by atoms with Gasteiger partial charge in [0.1, 0.15) is 0 Å². The Morgan fingerprint density at radius 3 is 2.67 bits per heavy atom. The third-order valence-corrected chi connectivity index (χ3v) is 0.552. The fraction of sp³-hybridized carbons (Fsp3) is 0. The molecule has 0 unspecified atom stereocenters. The lowest BCUT2D eigenvalue weighted by Gasteiger charge is -1.81. The predicted molar refractivity (Wildman–Crippen MR) is 24.1 cm³/mol. The Morgan fingerprint density at radius 1 is 1.50 bits per heavy atom. The normalized spacial score (nSPS) is 8.00. The highest BCUT2D eigenvalue weighted by atomic mass is 13.6. The molecule has 0 heterocycles. The smallest absolute Gasteiger partial charge is 0.171 e. The van der Waals surface area contributed by atoms with Crippen molar-refractivity contribution in [2.75, 3.05) is 0 Å². The van der Waals surface area contributed by atoms with Crippen LogP contribution in [-0.4, -0.2) is 0 Å². The summed E-state index contributed by atoms with van der Waals surface area (Å²) in [5.74, 6) is 0. The Morgan fingerprint density at radius 2 is 2.50 bits per heavy atom. The molecular formula is C6H4-. The molecule has 0 aliphatic heterocycles. The number of hydrogen-bond acceptors (Lipinski definition) is 0. The van der Waals surface area contributed by atoms with Crippen LogP contribution in [0.4, 0.5) is 0 Å². The fourth-order valence-corrected chi connectivity index (χ4v) is 0.304. The molecule has 0 aliphatic rings. The van der Waals surface area contributed by atoms with Crippen LogP contribution in [0.15, 0.2) is 24.3 Å². The van der Waals surface area contributed by atoms with Crippen molar-refractivity contribution < 1.29 is 0 Å². The van der Waals surface area contributed by atoms with Crippen molar-refractivity contribution in [2.24, 2.45) is 0 Å². The SMILES string of the molecule is [c]1c[c-]ccc1. The molecule has 0 N–H and O–H groups in total. The maximum absolute atomic E-state index is 2.84. The predicted octanol–water partition coefficient (Wildman–Crippen LogP) is 1.29. The van der Waals surface area contributed by atoms with E-state index in [1.54, 1.807) is 6.07 Å². The zero-order chi connectivity index (χ0) is 4.24. The van der Waals surface area contributed by atoms with Crippen LogP contribution in [0.5, 0.6) is 0 Å². The Hall–Kier alpha value is -0.780. The van der Waals surface area contributed by atoms with Crippen LogP contribution in [0.1, 0.15) is 0 Å². The molecule has 29 valence electrons. The Bertz CT molecular complexity index is 72.0. The summed E-state index contributed by atoms with van der Waals surface area (Å²) < 4.78 is 0. The van der Waals surface area contributed by atoms with Crippen LogP contribution in [0.3, 0.4) is 0 Å². The van der Waals surface area contributed by atoms with Crippen LogP contribution in [0.25, 0.3) is 0 Å². The van der Waals surface area contributed by atoms with Gasteiger partial charge in [-0.25, -0.2) is 0 Å². The van der Waals surface area contributed by atoms with Crippen LogP contribution in [0.2, 0.25) is 0 Å². The molecule has 0 spiro atoms. The quantitative estimate of drug-likeness (QED) is 0.408. The van der Waals surface area contributed by atoms with E-state index in [-0.39, 0.29) is 0 Å². The van der Waals surface area contributed by atoms with Crippen LogP contribution in [0, 0.1) is 12.1 Å². The topological polar surface area (TPSA) is 0 Å². The first-order valence-electron chi connectivity index (χ1n) is 1.82. The lowest BCUT2D eigenvalue weighted by molar-refractivity contribution is 1.68. The van der Waals surface area contributed by atoms with Crippen molar-refractivity contribution in [3.63, 3.8) is 0 Å². The molecule has 0 aromatic heterocycles. The molecule has 0 fully saturated rings. The van der Waals surface area contributed by atoms with Crippen LogP contribution >= 0.6 is 0 Å². The summed E-state index contributed by atoms with van der Waals surface area (Å²) in [7, 11) is 0. The molecule has 0 heteroatoms. The first kappa shape index (κ1) is 3.41. The highest BCUT2D eigenvalue weighted by molar-refractivity contribution is 4.95. The third kappa shape index (κ3) is 0.582. The second-order valence-electron chi connectivity index (χ2n) is 1.00. The summed E-state index contributed by atoms with van der Waals surface area (Å²) in [5, 5.41) is 0. The molecule has 0 saturated heterocycles. The van der Waals surface area contributed by atoms with Crippen molar-refractivity contribution in [2.45, 2.75) is 0 Å². The van der Waals surface area contributed by atoms with Gasteiger partial charge >= 0.3 is 0 Å². The van der Waals surface area contributed by atoms with Crippen LogP contribution < -0.4 is 0 Å². The van der Waals surface area contributed by atoms with E-state index in [0.29, 0.717) is 0 Å². The highest BCUT2D eigenvalue weighted by Gasteiger charge is 1.46. The second kappa shape index (κ2) is 1.61. The first-order valence-corrected chi connectivity index (χ1v) is 1.82. The van der Waals surface area contributed by atoms with Gasteiger partial charge in [-0.3, -0.25) is 0 Å². The Balaban J connectivity index is 3.00. The van der Waals surface area contributed by atoms with E-state index in [0.717, 1.165) is 0 Å². The van der Waals surface area contributed by atoms with Gasteiger partial charge in [0.25, 0.3) is 0 Å². The van der Waals surface area contributed by atoms with E-state index in [2.05, 4.69) is 12.1 Å². The molecule has 0 bridgehead atoms. The van der Waals surface area contributed by atoms with E-state index < -0.39 is 0 Å². The maximum atomic E-state index is 2.84. The van der Waals surface area contributed by atoms with Crippen molar-refractivity contribution in [3.05, 3.63) is 36.4 Å². The summed E-state index contributed by atoms with van der Waals surface area (Å²) in [6.07, 6.45) is 0. The lowest BCUT2D eigenvalue weighted by Crippen LogP contribution is -1.50. The molecule has 0 atom stereocenters. The monoisotopic (exact) mass is 76.0 g/mol. The zero-order valence-corrected chi connectivity index (χ0v) is 3.31. The fourth-order valence-electron chi connectivity index (χ4n) is 0.304. The van der Waals surface area contributed by atoms with E-state index >= 15 is 0 Å². The molecule has 6 heavy (non-hydrogen) atoms. The average Bonchev–Trinajstić information content (AvgIpc) is 1.72. The van der Waals surface area contributed by atoms with Crippen molar-refractivity contribution >= 4 is 0 Å². The van der Waals surface area contributed by atoms with Gasteiger partial charge in [-0.2, -0.15) is 36.4 Å². The largest absolute Gasteiger partial charge is 0.184 e. The standard InChI is InChI=1S/C6H4/c1-2-4-6-5-3-1/h1-3,6H/q-1. The second-order valence-corrected chi connectivity index (χ2v) is 1.00. The molecule has 1 radical (unpaired) electrons. The summed E-state index contributed by atoms with van der Waals surface area (Å²) in [6, 6.07) is 13.0. The van der Waals surface area contributed by atoms with Gasteiger partial charge in [-0.05, 0) is 0 Å². The van der Waals surface area contributed by atoms with Crippen LogP contribution in [-0.2, 0) is 0 Å². The first-order chi connectivity index (χ1) is 3.00. The molecule has 1 aromatic rings. The molecule has 0 amide bonds. The maximum Gasteiger partial charge on any atom is -0.171 e. The van der Waals surface area contributed by atoms with E-state index in [4.69, 9.17) is 0 Å². The van der Waals surface area contributed by atoms with E-state index in [1.807, 2.05) is 18.2 Å². The molecule has 1 aromatic carbocycles. The van der Waals surface area contributed by atoms with Gasteiger partial charge in [-0.15, -0.1) is 0 Å². The van der Waals surface area contributed by atoms with Gasteiger partial charge in [0.15, 0.2) is 0 Å². The Kier molecular flexibility index (Phi) is 0.913. The van der Waals surface area contributed by atoms with Gasteiger partial charge in [-0.1, -0.05) is 0 Å². The highest BCUT2D eigenvalue weighted by Crippen LogP contribution is 1.77. The molecule has 0 saturated carbocycles. The van der Waals surface area contributed by atoms with E-state index in [9.17, 15) is 0 Å². The Labute approximate surface area is 37.4 Å². The van der Waals surface area contributed by atoms with Gasteiger partial charge in [0.05, 0.1) is 0 Å². The number of hydrogen-bond donors (Lipinski definition) is 0. The lowest BCUT2D eigenvalue weighted by atomic mass is 10.4. The number of rotatable bonds is 0. The molecule has 1 rings (SSSR count). The number of benzene rings is 1. The summed E-state index contributed by atoms with van der Waals surface area (Å²) in [4.78, 5) is 0. The van der Waals surface area contributed by atoms with Crippen molar-refractivity contribution in [1.29, 1.82) is 0 Å². The third-order valence-electron chi connectivity index (χ3n) is 0.552. The van der Waals surface area contributed by atoms with E-state index in [1.165, 1.54) is 0 Å². The summed E-state index contributed by atoms with van der Waals surface area (Å²) in [5.41, 5.74) is 0. The van der Waals surface area contributed by atoms with Gasteiger partial charge in [0, 0.05) is 0 Å². The minimum Gasteiger partial charge on any atom is -0.184 e. The van der Waals surface area contributed by atoms with Crippen molar-refractivity contribution in [3.8, 4) is 0 Å². The summed E-state index contributed by atoms with van der Waals surface area (Å²) >= 11 is 0. The van der Waals surface area contributed by atoms with Crippen molar-refractivity contribution in [1.82, 2.24) is 0 Å². The van der Waals surface area contributed by atoms with Gasteiger partial charge < -0.3 is 0 Å². The molecule has 0 aliphatic carbocycles.